The summed E-state index contributed by atoms with van der Waals surface area (Å²) < 4.78 is 27.3. The molecule has 2 heterocycles. The number of hydrogen-bond donors (Lipinski definition) is 5. The van der Waals surface area contributed by atoms with Crippen molar-refractivity contribution in [3.05, 3.63) is 23.5 Å². The monoisotopic (exact) mass is 432 g/mol. The van der Waals surface area contributed by atoms with Crippen LogP contribution in [0.1, 0.15) is 6.92 Å². The first-order chi connectivity index (χ1) is 14.4. The number of carbonyl (C=O) groups is 1. The van der Waals surface area contributed by atoms with Gasteiger partial charge in [0.15, 0.2) is 6.29 Å². The Bertz CT molecular complexity index is 675. The topological polar surface area (TPSA) is 164 Å². The highest BCUT2D eigenvalue weighted by molar-refractivity contribution is 5.89. The minimum atomic E-state index is -1.62. The van der Waals surface area contributed by atoms with Crippen molar-refractivity contribution in [3.8, 4) is 0 Å². The minimum absolute atomic E-state index is 0.203. The second kappa shape index (κ2) is 9.71. The Morgan fingerprint density at radius 3 is 2.43 bits per heavy atom. The van der Waals surface area contributed by atoms with Gasteiger partial charge in [-0.2, -0.15) is 0 Å². The molecule has 0 radical (unpaired) electrons. The molecule has 9 atom stereocenters. The van der Waals surface area contributed by atoms with E-state index in [0.29, 0.717) is 12.2 Å². The zero-order valence-electron chi connectivity index (χ0n) is 16.7. The number of aliphatic hydroxyl groups is 5. The molecule has 11 nitrogen and oxygen atoms in total. The van der Waals surface area contributed by atoms with Gasteiger partial charge in [-0.25, -0.2) is 4.79 Å². The molecule has 1 fully saturated rings. The third-order valence-electron chi connectivity index (χ3n) is 5.61. The summed E-state index contributed by atoms with van der Waals surface area (Å²) in [5.74, 6) is -1.87. The fraction of sp³-hybridized carbons (Fsp3) is 0.737. The molecule has 3 aliphatic rings. The third-order valence-corrected chi connectivity index (χ3v) is 5.61. The molecule has 0 saturated carbocycles. The Balaban J connectivity index is 1.87. The molecule has 0 aromatic heterocycles. The summed E-state index contributed by atoms with van der Waals surface area (Å²) in [7, 11) is 1.24. The number of hydrogen-bond acceptors (Lipinski definition) is 11. The SMILES string of the molecule is CCO[C@H]1C=C(CO)[C@H]2[C@@H](O[C@@H]3O[C@H](CO)[C@@H](O)[C@H](O)[C@H]3O)OC=C(C(=O)OC)[C@H]21. The van der Waals surface area contributed by atoms with Gasteiger partial charge < -0.3 is 49.2 Å². The Kier molecular flexibility index (Phi) is 7.47. The summed E-state index contributed by atoms with van der Waals surface area (Å²) in [4.78, 5) is 12.3. The van der Waals surface area contributed by atoms with Crippen molar-refractivity contribution in [3.63, 3.8) is 0 Å². The molecule has 2 aliphatic heterocycles. The van der Waals surface area contributed by atoms with E-state index >= 15 is 0 Å². The zero-order chi connectivity index (χ0) is 22.0. The lowest BCUT2D eigenvalue weighted by molar-refractivity contribution is -0.340. The maximum absolute atomic E-state index is 12.3. The fourth-order valence-corrected chi connectivity index (χ4v) is 4.11. The number of ether oxygens (including phenoxy) is 5. The third kappa shape index (κ3) is 4.12. The van der Waals surface area contributed by atoms with Crippen LogP contribution in [-0.4, -0.2) is 102 Å². The number of methoxy groups -OCH3 is 1. The van der Waals surface area contributed by atoms with Gasteiger partial charge in [0.05, 0.1) is 44.2 Å². The Morgan fingerprint density at radius 2 is 1.83 bits per heavy atom. The van der Waals surface area contributed by atoms with Crippen LogP contribution in [0.5, 0.6) is 0 Å². The summed E-state index contributed by atoms with van der Waals surface area (Å²) in [5, 5.41) is 49.4. The van der Waals surface area contributed by atoms with Crippen molar-refractivity contribution in [2.75, 3.05) is 26.9 Å². The zero-order valence-corrected chi connectivity index (χ0v) is 16.7. The minimum Gasteiger partial charge on any atom is -0.471 e. The largest absolute Gasteiger partial charge is 0.471 e. The molecule has 11 heteroatoms. The molecule has 1 aliphatic carbocycles. The van der Waals surface area contributed by atoms with Crippen molar-refractivity contribution in [2.24, 2.45) is 11.8 Å². The lowest BCUT2D eigenvalue weighted by Gasteiger charge is -2.43. The average Bonchev–Trinajstić information content (AvgIpc) is 3.13. The number of fused-ring (bicyclic) bond motifs is 1. The number of rotatable bonds is 7. The van der Waals surface area contributed by atoms with E-state index in [0.717, 1.165) is 0 Å². The second-order valence-electron chi connectivity index (χ2n) is 7.27. The molecule has 0 aromatic carbocycles. The molecule has 0 aromatic rings. The number of esters is 1. The van der Waals surface area contributed by atoms with E-state index in [1.807, 2.05) is 0 Å². The Labute approximate surface area is 173 Å². The Hall–Kier alpha value is -1.57. The lowest BCUT2D eigenvalue weighted by Crippen LogP contribution is -2.60. The molecule has 0 bridgehead atoms. The first kappa shape index (κ1) is 23.1. The van der Waals surface area contributed by atoms with E-state index in [9.17, 15) is 30.3 Å². The summed E-state index contributed by atoms with van der Waals surface area (Å²) in [6, 6.07) is 0. The molecule has 30 heavy (non-hydrogen) atoms. The van der Waals surface area contributed by atoms with Crippen molar-refractivity contribution in [2.45, 2.75) is 50.0 Å². The van der Waals surface area contributed by atoms with E-state index in [4.69, 9.17) is 23.7 Å². The maximum Gasteiger partial charge on any atom is 0.337 e. The highest BCUT2D eigenvalue weighted by Crippen LogP contribution is 2.45. The van der Waals surface area contributed by atoms with Gasteiger partial charge >= 0.3 is 5.97 Å². The summed E-state index contributed by atoms with van der Waals surface area (Å²) in [5.41, 5.74) is 0.705. The quantitative estimate of drug-likeness (QED) is 0.219. The van der Waals surface area contributed by atoms with Gasteiger partial charge in [-0.05, 0) is 12.5 Å². The van der Waals surface area contributed by atoms with Crippen molar-refractivity contribution in [1.29, 1.82) is 0 Å². The second-order valence-corrected chi connectivity index (χ2v) is 7.27. The van der Waals surface area contributed by atoms with Gasteiger partial charge in [0, 0.05) is 12.5 Å². The molecule has 170 valence electrons. The lowest BCUT2D eigenvalue weighted by atomic mass is 9.82. The highest BCUT2D eigenvalue weighted by atomic mass is 16.8. The van der Waals surface area contributed by atoms with Gasteiger partial charge in [-0.15, -0.1) is 0 Å². The van der Waals surface area contributed by atoms with Crippen LogP contribution in [0.3, 0.4) is 0 Å². The van der Waals surface area contributed by atoms with Crippen LogP contribution in [0.15, 0.2) is 23.5 Å². The Morgan fingerprint density at radius 1 is 1.10 bits per heavy atom. The fourth-order valence-electron chi connectivity index (χ4n) is 4.11. The van der Waals surface area contributed by atoms with Crippen LogP contribution >= 0.6 is 0 Å². The van der Waals surface area contributed by atoms with E-state index in [1.54, 1.807) is 13.0 Å². The molecule has 3 rings (SSSR count). The molecule has 0 unspecified atom stereocenters. The molecule has 0 spiro atoms. The summed E-state index contributed by atoms with van der Waals surface area (Å²) in [6.45, 7) is 1.19. The van der Waals surface area contributed by atoms with Crippen LogP contribution in [0, 0.1) is 11.8 Å². The van der Waals surface area contributed by atoms with Gasteiger partial charge in [0.2, 0.25) is 6.29 Å². The molecule has 5 N–H and O–H groups in total. The van der Waals surface area contributed by atoms with Crippen LogP contribution in [-0.2, 0) is 28.5 Å². The normalized spacial score (nSPS) is 40.8. The van der Waals surface area contributed by atoms with E-state index in [1.165, 1.54) is 13.4 Å². The molecule has 0 amide bonds. The smallest absolute Gasteiger partial charge is 0.337 e. The molecular weight excluding hydrogens is 404 g/mol. The van der Waals surface area contributed by atoms with Crippen LogP contribution in [0.2, 0.25) is 0 Å². The predicted octanol–water partition coefficient (Wildman–Crippen LogP) is -2.21. The van der Waals surface area contributed by atoms with E-state index in [-0.39, 0.29) is 12.2 Å². The average molecular weight is 432 g/mol. The molecular formula is C19H28O11. The van der Waals surface area contributed by atoms with Crippen molar-refractivity contribution >= 4 is 5.97 Å². The first-order valence-corrected chi connectivity index (χ1v) is 9.70. The van der Waals surface area contributed by atoms with E-state index < -0.39 is 67.5 Å². The van der Waals surface area contributed by atoms with E-state index in [2.05, 4.69) is 0 Å². The number of aliphatic hydroxyl groups excluding tert-OH is 5. The van der Waals surface area contributed by atoms with Gasteiger partial charge in [0.25, 0.3) is 0 Å². The van der Waals surface area contributed by atoms with Crippen LogP contribution in [0.25, 0.3) is 0 Å². The van der Waals surface area contributed by atoms with Crippen molar-refractivity contribution < 1.29 is 54.0 Å². The molecule has 1 saturated heterocycles. The van der Waals surface area contributed by atoms with Crippen LogP contribution < -0.4 is 0 Å². The number of carbonyl (C=O) groups excluding carboxylic acids is 1. The van der Waals surface area contributed by atoms with Crippen LogP contribution in [0.4, 0.5) is 0 Å². The highest BCUT2D eigenvalue weighted by Gasteiger charge is 2.52. The standard InChI is InChI=1S/C19H28O11/c1-3-27-10-4-8(5-20)12-13(10)9(17(25)26-2)7-28-18(12)30-19-16(24)15(23)14(22)11(6-21)29-19/h4,7,10-16,18-24H,3,5-6H2,1-2H3/t10-,11+,12+,13-,14+,15-,16+,18+,19-/m0/s1. The first-order valence-electron chi connectivity index (χ1n) is 9.70. The van der Waals surface area contributed by atoms with Gasteiger partial charge in [0.1, 0.15) is 24.4 Å². The predicted molar refractivity (Wildman–Crippen MR) is 97.4 cm³/mol. The van der Waals surface area contributed by atoms with Gasteiger partial charge in [-0.1, -0.05) is 6.08 Å². The summed E-state index contributed by atoms with van der Waals surface area (Å²) in [6.07, 6.45) is -6.15. The summed E-state index contributed by atoms with van der Waals surface area (Å²) >= 11 is 0. The maximum atomic E-state index is 12.3. The van der Waals surface area contributed by atoms with Crippen molar-refractivity contribution in [1.82, 2.24) is 0 Å². The van der Waals surface area contributed by atoms with Gasteiger partial charge in [-0.3, -0.25) is 0 Å².